The summed E-state index contributed by atoms with van der Waals surface area (Å²) in [6.07, 6.45) is 2.29. The first-order valence-corrected chi connectivity index (χ1v) is 12.3. The SMILES string of the molecule is Fc1ccc2onc(N3CCN4C[C@H](Oc5cccc(CN6CCOCC6)c5)CCC4C3)c2c1. The zero-order valence-electron chi connectivity index (χ0n) is 19.4. The number of piperidine rings is 1. The molecule has 3 aliphatic rings. The number of fused-ring (bicyclic) bond motifs is 2. The molecule has 4 heterocycles. The third-order valence-electron chi connectivity index (χ3n) is 7.29. The van der Waals surface area contributed by atoms with Crippen LogP contribution in [-0.2, 0) is 11.3 Å². The van der Waals surface area contributed by atoms with Gasteiger partial charge in [-0.3, -0.25) is 9.80 Å². The first-order valence-electron chi connectivity index (χ1n) is 12.3. The highest BCUT2D eigenvalue weighted by Gasteiger charge is 2.35. The molecule has 1 unspecified atom stereocenters. The summed E-state index contributed by atoms with van der Waals surface area (Å²) < 4.78 is 31.1. The highest BCUT2D eigenvalue weighted by atomic mass is 19.1. The maximum absolute atomic E-state index is 13.8. The molecule has 0 spiro atoms. The van der Waals surface area contributed by atoms with Gasteiger partial charge in [-0.05, 0) is 48.7 Å². The summed E-state index contributed by atoms with van der Waals surface area (Å²) >= 11 is 0. The minimum absolute atomic E-state index is 0.198. The molecule has 34 heavy (non-hydrogen) atoms. The molecular weight excluding hydrogens is 435 g/mol. The van der Waals surface area contributed by atoms with E-state index in [2.05, 4.69) is 44.1 Å². The van der Waals surface area contributed by atoms with Crippen LogP contribution in [-0.4, -0.2) is 79.6 Å². The number of hydrogen-bond donors (Lipinski definition) is 0. The Balaban J connectivity index is 1.06. The lowest BCUT2D eigenvalue weighted by molar-refractivity contribution is 0.0338. The van der Waals surface area contributed by atoms with E-state index >= 15 is 0 Å². The van der Waals surface area contributed by atoms with Crippen molar-refractivity contribution in [1.29, 1.82) is 0 Å². The van der Waals surface area contributed by atoms with Gasteiger partial charge in [-0.15, -0.1) is 0 Å². The summed E-state index contributed by atoms with van der Waals surface area (Å²) in [7, 11) is 0. The lowest BCUT2D eigenvalue weighted by atomic mass is 9.97. The molecule has 3 fully saturated rings. The summed E-state index contributed by atoms with van der Waals surface area (Å²) in [6, 6.07) is 13.6. The van der Waals surface area contributed by atoms with Gasteiger partial charge in [0.05, 0.1) is 18.6 Å². The van der Waals surface area contributed by atoms with Gasteiger partial charge in [0, 0.05) is 51.9 Å². The number of morpholine rings is 1. The third-order valence-corrected chi connectivity index (χ3v) is 7.29. The van der Waals surface area contributed by atoms with Crippen molar-refractivity contribution in [2.75, 3.05) is 57.4 Å². The van der Waals surface area contributed by atoms with Crippen molar-refractivity contribution in [3.8, 4) is 5.75 Å². The van der Waals surface area contributed by atoms with E-state index in [0.717, 1.165) is 88.8 Å². The molecule has 0 aliphatic carbocycles. The van der Waals surface area contributed by atoms with Gasteiger partial charge in [-0.2, -0.15) is 0 Å². The van der Waals surface area contributed by atoms with E-state index < -0.39 is 0 Å². The van der Waals surface area contributed by atoms with Crippen LogP contribution < -0.4 is 9.64 Å². The van der Waals surface area contributed by atoms with Gasteiger partial charge < -0.3 is 18.9 Å². The number of aromatic nitrogens is 1. The smallest absolute Gasteiger partial charge is 0.180 e. The Bertz CT molecular complexity index is 1130. The van der Waals surface area contributed by atoms with Crippen LogP contribution in [0.15, 0.2) is 47.0 Å². The van der Waals surface area contributed by atoms with Gasteiger partial charge in [0.2, 0.25) is 0 Å². The zero-order chi connectivity index (χ0) is 22.9. The molecule has 2 atom stereocenters. The Morgan fingerprint density at radius 2 is 1.91 bits per heavy atom. The maximum atomic E-state index is 13.8. The Hall–Kier alpha value is -2.68. The van der Waals surface area contributed by atoms with E-state index in [0.29, 0.717) is 11.6 Å². The number of rotatable bonds is 5. The van der Waals surface area contributed by atoms with Crippen molar-refractivity contribution in [2.24, 2.45) is 0 Å². The van der Waals surface area contributed by atoms with E-state index in [4.69, 9.17) is 14.0 Å². The average Bonchev–Trinajstić information content (AvgIpc) is 3.28. The van der Waals surface area contributed by atoms with Crippen molar-refractivity contribution >= 4 is 16.8 Å². The highest BCUT2D eigenvalue weighted by Crippen LogP contribution is 2.31. The molecule has 0 bridgehead atoms. The predicted molar refractivity (Wildman–Crippen MR) is 128 cm³/mol. The van der Waals surface area contributed by atoms with E-state index in [1.165, 1.54) is 17.7 Å². The molecule has 0 radical (unpaired) electrons. The summed E-state index contributed by atoms with van der Waals surface area (Å²) in [5.41, 5.74) is 1.92. The molecule has 2 aromatic carbocycles. The molecule has 180 valence electrons. The minimum atomic E-state index is -0.262. The molecule has 7 nitrogen and oxygen atoms in total. The number of piperazine rings is 1. The topological polar surface area (TPSA) is 54.2 Å². The number of ether oxygens (including phenoxy) is 2. The molecule has 3 saturated heterocycles. The average molecular weight is 467 g/mol. The summed E-state index contributed by atoms with van der Waals surface area (Å²) in [5.74, 6) is 1.45. The lowest BCUT2D eigenvalue weighted by Gasteiger charge is -2.46. The van der Waals surface area contributed by atoms with Crippen molar-refractivity contribution in [2.45, 2.75) is 31.5 Å². The van der Waals surface area contributed by atoms with Crippen LogP contribution in [0.5, 0.6) is 5.75 Å². The standard InChI is InChI=1S/C26H31FN4O3/c27-20-4-7-25-24(15-20)26(28-34-25)31-9-8-30-18-23(6-5-21(30)17-31)33-22-3-1-2-19(14-22)16-29-10-12-32-13-11-29/h1-4,7,14-15,21,23H,5-6,8-13,16-18H2/t21?,23-/m1/s1. The summed E-state index contributed by atoms with van der Waals surface area (Å²) in [5, 5.41) is 5.00. The van der Waals surface area contributed by atoms with Gasteiger partial charge in [-0.25, -0.2) is 4.39 Å². The second kappa shape index (κ2) is 9.52. The van der Waals surface area contributed by atoms with Crippen LogP contribution in [0.4, 0.5) is 10.2 Å². The van der Waals surface area contributed by atoms with Crippen molar-refractivity contribution in [3.63, 3.8) is 0 Å². The predicted octanol–water partition coefficient (Wildman–Crippen LogP) is 3.53. The Labute approximate surface area is 199 Å². The number of anilines is 1. The number of halogens is 1. The lowest BCUT2D eigenvalue weighted by Crippen LogP contribution is -2.58. The summed E-state index contributed by atoms with van der Waals surface area (Å²) in [4.78, 5) is 7.20. The first-order chi connectivity index (χ1) is 16.7. The molecule has 8 heteroatoms. The van der Waals surface area contributed by atoms with E-state index in [-0.39, 0.29) is 11.9 Å². The van der Waals surface area contributed by atoms with Crippen molar-refractivity contribution < 1.29 is 18.4 Å². The Morgan fingerprint density at radius 1 is 1.00 bits per heavy atom. The van der Waals surface area contributed by atoms with Gasteiger partial charge in [0.1, 0.15) is 17.7 Å². The first kappa shape index (κ1) is 21.8. The molecule has 1 aromatic heterocycles. The van der Waals surface area contributed by atoms with Crippen LogP contribution in [0, 0.1) is 5.82 Å². The monoisotopic (exact) mass is 466 g/mol. The molecule has 0 amide bonds. The molecule has 3 aromatic rings. The maximum Gasteiger partial charge on any atom is 0.180 e. The zero-order valence-corrected chi connectivity index (χ0v) is 19.4. The molecular formula is C26H31FN4O3. The van der Waals surface area contributed by atoms with Crippen LogP contribution >= 0.6 is 0 Å². The second-order valence-electron chi connectivity index (χ2n) is 9.59. The minimum Gasteiger partial charge on any atom is -0.489 e. The van der Waals surface area contributed by atoms with Gasteiger partial charge in [0.25, 0.3) is 0 Å². The quantitative estimate of drug-likeness (QED) is 0.570. The largest absolute Gasteiger partial charge is 0.489 e. The number of hydrogen-bond acceptors (Lipinski definition) is 7. The second-order valence-corrected chi connectivity index (χ2v) is 9.59. The van der Waals surface area contributed by atoms with Crippen LogP contribution in [0.25, 0.3) is 11.0 Å². The Kier molecular flexibility index (Phi) is 6.11. The molecule has 3 aliphatic heterocycles. The highest BCUT2D eigenvalue weighted by molar-refractivity contribution is 5.88. The fraction of sp³-hybridized carbons (Fsp3) is 0.500. The van der Waals surface area contributed by atoms with Crippen LogP contribution in [0.3, 0.4) is 0 Å². The van der Waals surface area contributed by atoms with Crippen molar-refractivity contribution in [1.82, 2.24) is 15.0 Å². The fourth-order valence-electron chi connectivity index (χ4n) is 5.48. The van der Waals surface area contributed by atoms with Gasteiger partial charge in [-0.1, -0.05) is 17.3 Å². The van der Waals surface area contributed by atoms with E-state index in [1.54, 1.807) is 6.07 Å². The molecule has 0 N–H and O–H groups in total. The fourth-order valence-corrected chi connectivity index (χ4v) is 5.48. The molecule has 6 rings (SSSR count). The Morgan fingerprint density at radius 3 is 2.82 bits per heavy atom. The third kappa shape index (κ3) is 4.62. The normalized spacial score (nSPS) is 24.3. The van der Waals surface area contributed by atoms with Gasteiger partial charge >= 0.3 is 0 Å². The number of nitrogens with zero attached hydrogens (tertiary/aromatic N) is 4. The van der Waals surface area contributed by atoms with Crippen LogP contribution in [0.1, 0.15) is 18.4 Å². The summed E-state index contributed by atoms with van der Waals surface area (Å²) in [6.45, 7) is 8.13. The molecule has 0 saturated carbocycles. The van der Waals surface area contributed by atoms with E-state index in [1.807, 2.05) is 0 Å². The number of benzene rings is 2. The van der Waals surface area contributed by atoms with Crippen LogP contribution in [0.2, 0.25) is 0 Å². The van der Waals surface area contributed by atoms with Gasteiger partial charge in [0.15, 0.2) is 11.4 Å². The van der Waals surface area contributed by atoms with E-state index in [9.17, 15) is 4.39 Å². The van der Waals surface area contributed by atoms with Crippen molar-refractivity contribution in [3.05, 3.63) is 53.8 Å².